The van der Waals surface area contributed by atoms with Gasteiger partial charge >= 0.3 is 0 Å². The van der Waals surface area contributed by atoms with Crippen molar-refractivity contribution in [1.82, 2.24) is 0 Å². The van der Waals surface area contributed by atoms with Gasteiger partial charge in [-0.3, -0.25) is 0 Å². The number of unbranched alkanes of at least 4 members (excludes halogenated alkanes) is 6. The Balaban J connectivity index is 3.09. The van der Waals surface area contributed by atoms with Crippen molar-refractivity contribution in [2.45, 2.75) is 64.4 Å². The quantitative estimate of drug-likeness (QED) is 0.574. The molecule has 0 spiro atoms. The van der Waals surface area contributed by atoms with E-state index in [1.165, 1.54) is 38.5 Å². The maximum absolute atomic E-state index is 9.34. The molecular formula is C12H23ClO. The van der Waals surface area contributed by atoms with E-state index in [0.29, 0.717) is 5.03 Å². The van der Waals surface area contributed by atoms with Gasteiger partial charge in [-0.2, -0.15) is 0 Å². The molecule has 1 unspecified atom stereocenters. The van der Waals surface area contributed by atoms with Crippen molar-refractivity contribution in [3.05, 3.63) is 11.6 Å². The predicted octanol–water partition coefficient (Wildman–Crippen LogP) is 4.24. The van der Waals surface area contributed by atoms with E-state index in [0.717, 1.165) is 12.8 Å². The molecule has 14 heavy (non-hydrogen) atoms. The Labute approximate surface area is 93.2 Å². The Bertz CT molecular complexity index is 145. The first kappa shape index (κ1) is 14.0. The minimum Gasteiger partial charge on any atom is -0.388 e. The Kier molecular flexibility index (Phi) is 9.53. The summed E-state index contributed by atoms with van der Waals surface area (Å²) in [6.45, 7) is 5.73. The molecule has 0 aliphatic heterocycles. The van der Waals surface area contributed by atoms with Gasteiger partial charge in [0, 0.05) is 5.03 Å². The molecule has 1 N–H and O–H groups in total. The zero-order valence-corrected chi connectivity index (χ0v) is 10.0. The van der Waals surface area contributed by atoms with Crippen molar-refractivity contribution < 1.29 is 5.11 Å². The lowest BCUT2D eigenvalue weighted by Crippen LogP contribution is -2.04. The van der Waals surface area contributed by atoms with E-state index in [4.69, 9.17) is 11.6 Å². The van der Waals surface area contributed by atoms with Crippen LogP contribution in [0.3, 0.4) is 0 Å². The number of aliphatic hydroxyl groups is 1. The van der Waals surface area contributed by atoms with Crippen LogP contribution in [0.4, 0.5) is 0 Å². The minimum absolute atomic E-state index is 0.371. The molecule has 0 amide bonds. The molecule has 0 radical (unpaired) electrons. The van der Waals surface area contributed by atoms with Crippen molar-refractivity contribution in [3.8, 4) is 0 Å². The maximum atomic E-state index is 9.34. The molecule has 0 bridgehead atoms. The SMILES string of the molecule is C=C(Cl)C(O)CCCCCCCCC. The number of hydrogen-bond acceptors (Lipinski definition) is 1. The molecule has 0 rings (SSSR count). The van der Waals surface area contributed by atoms with E-state index >= 15 is 0 Å². The minimum atomic E-state index is -0.507. The summed E-state index contributed by atoms with van der Waals surface area (Å²) < 4.78 is 0. The van der Waals surface area contributed by atoms with Crippen molar-refractivity contribution >= 4 is 11.6 Å². The highest BCUT2D eigenvalue weighted by Crippen LogP contribution is 2.14. The zero-order valence-electron chi connectivity index (χ0n) is 9.27. The van der Waals surface area contributed by atoms with E-state index in [1.807, 2.05) is 0 Å². The van der Waals surface area contributed by atoms with Gasteiger partial charge in [0.25, 0.3) is 0 Å². The van der Waals surface area contributed by atoms with Gasteiger partial charge in [0.15, 0.2) is 0 Å². The maximum Gasteiger partial charge on any atom is 0.0889 e. The Morgan fingerprint density at radius 2 is 1.64 bits per heavy atom. The van der Waals surface area contributed by atoms with Gasteiger partial charge in [0.1, 0.15) is 0 Å². The number of rotatable bonds is 9. The lowest BCUT2D eigenvalue weighted by atomic mass is 10.1. The fraction of sp³-hybridized carbons (Fsp3) is 0.833. The van der Waals surface area contributed by atoms with Crippen molar-refractivity contribution in [1.29, 1.82) is 0 Å². The largest absolute Gasteiger partial charge is 0.388 e. The lowest BCUT2D eigenvalue weighted by Gasteiger charge is -2.07. The molecule has 84 valence electrons. The van der Waals surface area contributed by atoms with Crippen molar-refractivity contribution in [2.24, 2.45) is 0 Å². The van der Waals surface area contributed by atoms with Gasteiger partial charge in [-0.15, -0.1) is 0 Å². The monoisotopic (exact) mass is 218 g/mol. The van der Waals surface area contributed by atoms with E-state index in [9.17, 15) is 5.11 Å². The average molecular weight is 219 g/mol. The summed E-state index contributed by atoms with van der Waals surface area (Å²) in [6.07, 6.45) is 9.10. The van der Waals surface area contributed by atoms with Crippen LogP contribution in [0.1, 0.15) is 58.3 Å². The molecule has 0 aromatic carbocycles. The third kappa shape index (κ3) is 8.58. The topological polar surface area (TPSA) is 20.2 Å². The van der Waals surface area contributed by atoms with Crippen LogP contribution in [0.25, 0.3) is 0 Å². The molecular weight excluding hydrogens is 196 g/mol. The fourth-order valence-electron chi connectivity index (χ4n) is 1.45. The number of hydrogen-bond donors (Lipinski definition) is 1. The molecule has 0 saturated heterocycles. The van der Waals surface area contributed by atoms with E-state index in [-0.39, 0.29) is 0 Å². The highest BCUT2D eigenvalue weighted by atomic mass is 35.5. The molecule has 1 atom stereocenters. The summed E-state index contributed by atoms with van der Waals surface area (Å²) in [6, 6.07) is 0. The summed E-state index contributed by atoms with van der Waals surface area (Å²) in [4.78, 5) is 0. The Hall–Kier alpha value is -0.0100. The first-order valence-electron chi connectivity index (χ1n) is 5.70. The van der Waals surface area contributed by atoms with E-state index in [1.54, 1.807) is 0 Å². The number of aliphatic hydroxyl groups excluding tert-OH is 1. The third-order valence-electron chi connectivity index (χ3n) is 2.44. The molecule has 0 aliphatic carbocycles. The molecule has 0 heterocycles. The first-order valence-corrected chi connectivity index (χ1v) is 6.08. The van der Waals surface area contributed by atoms with Crippen LogP contribution < -0.4 is 0 Å². The van der Waals surface area contributed by atoms with Crippen molar-refractivity contribution in [3.63, 3.8) is 0 Å². The van der Waals surface area contributed by atoms with Crippen LogP contribution in [-0.2, 0) is 0 Å². The molecule has 1 nitrogen and oxygen atoms in total. The van der Waals surface area contributed by atoms with Gasteiger partial charge in [-0.25, -0.2) is 0 Å². The molecule has 2 heteroatoms. The summed E-state index contributed by atoms with van der Waals surface area (Å²) >= 11 is 5.57. The first-order chi connectivity index (χ1) is 6.68. The second-order valence-corrected chi connectivity index (χ2v) is 4.36. The van der Waals surface area contributed by atoms with Crippen LogP contribution in [0.5, 0.6) is 0 Å². The Morgan fingerprint density at radius 1 is 1.14 bits per heavy atom. The molecule has 0 aliphatic rings. The molecule has 0 fully saturated rings. The average Bonchev–Trinajstić information content (AvgIpc) is 2.16. The summed E-state index contributed by atoms with van der Waals surface area (Å²) in [5.41, 5.74) is 0. The zero-order chi connectivity index (χ0) is 10.8. The molecule has 0 saturated carbocycles. The van der Waals surface area contributed by atoms with E-state index < -0.39 is 6.10 Å². The normalized spacial score (nSPS) is 12.8. The van der Waals surface area contributed by atoms with Crippen LogP contribution in [0.15, 0.2) is 11.6 Å². The Morgan fingerprint density at radius 3 is 2.14 bits per heavy atom. The van der Waals surface area contributed by atoms with Crippen LogP contribution in [0, 0.1) is 0 Å². The van der Waals surface area contributed by atoms with Gasteiger partial charge in [0.2, 0.25) is 0 Å². The number of halogens is 1. The highest BCUT2D eigenvalue weighted by molar-refractivity contribution is 6.29. The van der Waals surface area contributed by atoms with Crippen LogP contribution in [-0.4, -0.2) is 11.2 Å². The lowest BCUT2D eigenvalue weighted by molar-refractivity contribution is 0.204. The van der Waals surface area contributed by atoms with Crippen LogP contribution in [0.2, 0.25) is 0 Å². The second kappa shape index (κ2) is 9.54. The molecule has 0 aromatic heterocycles. The second-order valence-electron chi connectivity index (χ2n) is 3.87. The van der Waals surface area contributed by atoms with Crippen molar-refractivity contribution in [2.75, 3.05) is 0 Å². The predicted molar refractivity (Wildman–Crippen MR) is 63.6 cm³/mol. The fourth-order valence-corrected chi connectivity index (χ4v) is 1.56. The third-order valence-corrected chi connectivity index (χ3v) is 2.69. The summed E-state index contributed by atoms with van der Waals surface area (Å²) in [7, 11) is 0. The van der Waals surface area contributed by atoms with E-state index in [2.05, 4.69) is 13.5 Å². The summed E-state index contributed by atoms with van der Waals surface area (Å²) in [5.74, 6) is 0. The highest BCUT2D eigenvalue weighted by Gasteiger charge is 2.04. The van der Waals surface area contributed by atoms with Crippen LogP contribution >= 0.6 is 11.6 Å². The smallest absolute Gasteiger partial charge is 0.0889 e. The van der Waals surface area contributed by atoms with Gasteiger partial charge in [0.05, 0.1) is 6.10 Å². The molecule has 0 aromatic rings. The van der Waals surface area contributed by atoms with Gasteiger partial charge in [-0.05, 0) is 6.42 Å². The van der Waals surface area contributed by atoms with Gasteiger partial charge in [-0.1, -0.05) is 70.0 Å². The van der Waals surface area contributed by atoms with Gasteiger partial charge < -0.3 is 5.11 Å². The summed E-state index contributed by atoms with van der Waals surface area (Å²) in [5, 5.41) is 9.71. The standard InChI is InChI=1S/C12H23ClO/c1-3-4-5-6-7-8-9-10-12(14)11(2)13/h12,14H,2-10H2,1H3.